The fraction of sp³-hybridized carbons (Fsp3) is 0.467. The molecular formula is C15H18FN3O3. The van der Waals surface area contributed by atoms with Gasteiger partial charge >= 0.3 is 0 Å². The van der Waals surface area contributed by atoms with Gasteiger partial charge in [0, 0.05) is 5.56 Å². The van der Waals surface area contributed by atoms with Crippen molar-refractivity contribution in [2.24, 2.45) is 0 Å². The summed E-state index contributed by atoms with van der Waals surface area (Å²) < 4.78 is 20.3. The normalized spacial score (nSPS) is 28.7. The first-order chi connectivity index (χ1) is 10.6. The molecule has 1 saturated heterocycles. The molecule has 2 aromatic rings. The molecule has 118 valence electrons. The molecule has 0 amide bonds. The van der Waals surface area contributed by atoms with Crippen LogP contribution in [0.15, 0.2) is 30.5 Å². The van der Waals surface area contributed by atoms with Gasteiger partial charge in [-0.2, -0.15) is 0 Å². The highest BCUT2D eigenvalue weighted by atomic mass is 19.1. The number of aliphatic hydroxyl groups is 2. The van der Waals surface area contributed by atoms with Crippen LogP contribution in [0.2, 0.25) is 0 Å². The lowest BCUT2D eigenvalue weighted by Gasteiger charge is -2.37. The summed E-state index contributed by atoms with van der Waals surface area (Å²) in [5.41, 5.74) is 1.16. The number of ether oxygens (including phenoxy) is 1. The van der Waals surface area contributed by atoms with Gasteiger partial charge in [0.25, 0.3) is 0 Å². The molecule has 1 aromatic heterocycles. The fourth-order valence-electron chi connectivity index (χ4n) is 2.80. The van der Waals surface area contributed by atoms with Crippen LogP contribution in [-0.4, -0.2) is 50.1 Å². The van der Waals surface area contributed by atoms with Crippen LogP contribution in [0, 0.1) is 5.82 Å². The summed E-state index contributed by atoms with van der Waals surface area (Å²) in [7, 11) is 0. The van der Waals surface area contributed by atoms with Gasteiger partial charge in [-0.1, -0.05) is 17.3 Å². The smallest absolute Gasteiger partial charge is 0.123 e. The van der Waals surface area contributed by atoms with Crippen molar-refractivity contribution in [3.8, 4) is 11.3 Å². The molecule has 2 heterocycles. The minimum Gasteiger partial charge on any atom is -0.394 e. The van der Waals surface area contributed by atoms with E-state index in [0.717, 1.165) is 0 Å². The van der Waals surface area contributed by atoms with Crippen molar-refractivity contribution in [1.29, 1.82) is 0 Å². The predicted octanol–water partition coefficient (Wildman–Crippen LogP) is 1.16. The number of aliphatic hydroxyl groups excluding tert-OH is 2. The number of halogens is 1. The third kappa shape index (κ3) is 2.87. The van der Waals surface area contributed by atoms with Crippen molar-refractivity contribution in [2.45, 2.75) is 37.7 Å². The van der Waals surface area contributed by atoms with E-state index in [4.69, 9.17) is 4.74 Å². The summed E-state index contributed by atoms with van der Waals surface area (Å²) in [5, 5.41) is 27.7. The van der Waals surface area contributed by atoms with Crippen molar-refractivity contribution < 1.29 is 19.3 Å². The largest absolute Gasteiger partial charge is 0.394 e. The fourth-order valence-corrected chi connectivity index (χ4v) is 2.80. The molecule has 1 aliphatic rings. The van der Waals surface area contributed by atoms with Crippen molar-refractivity contribution >= 4 is 0 Å². The Kier molecular flexibility index (Phi) is 4.19. The molecule has 4 unspecified atom stereocenters. The molecular weight excluding hydrogens is 289 g/mol. The first kappa shape index (κ1) is 15.1. The lowest BCUT2D eigenvalue weighted by molar-refractivity contribution is -0.150. The minimum atomic E-state index is -0.872. The van der Waals surface area contributed by atoms with Gasteiger partial charge in [-0.3, -0.25) is 0 Å². The Morgan fingerprint density at radius 2 is 2.27 bits per heavy atom. The Morgan fingerprint density at radius 1 is 1.45 bits per heavy atom. The van der Waals surface area contributed by atoms with Gasteiger partial charge in [0.1, 0.15) is 23.7 Å². The third-order valence-corrected chi connectivity index (χ3v) is 3.91. The molecule has 3 rings (SSSR count). The Hall–Kier alpha value is -1.83. The second-order valence-electron chi connectivity index (χ2n) is 5.56. The Morgan fingerprint density at radius 3 is 3.00 bits per heavy atom. The molecule has 7 heteroatoms. The van der Waals surface area contributed by atoms with Gasteiger partial charge in [-0.15, -0.1) is 5.10 Å². The van der Waals surface area contributed by atoms with E-state index < -0.39 is 12.2 Å². The predicted molar refractivity (Wildman–Crippen MR) is 76.5 cm³/mol. The molecule has 1 aliphatic heterocycles. The van der Waals surface area contributed by atoms with Crippen LogP contribution >= 0.6 is 0 Å². The van der Waals surface area contributed by atoms with Gasteiger partial charge in [-0.25, -0.2) is 9.07 Å². The Bertz CT molecular complexity index is 648. The molecule has 0 aliphatic carbocycles. The van der Waals surface area contributed by atoms with Crippen LogP contribution in [0.25, 0.3) is 11.3 Å². The van der Waals surface area contributed by atoms with E-state index in [1.807, 2.05) is 6.92 Å². The summed E-state index contributed by atoms with van der Waals surface area (Å²) in [4.78, 5) is 0. The highest BCUT2D eigenvalue weighted by Crippen LogP contribution is 2.30. The topological polar surface area (TPSA) is 80.4 Å². The number of aromatic nitrogens is 3. The summed E-state index contributed by atoms with van der Waals surface area (Å²) in [6, 6.07) is 5.77. The van der Waals surface area contributed by atoms with Crippen LogP contribution in [-0.2, 0) is 4.74 Å². The molecule has 0 radical (unpaired) electrons. The average Bonchev–Trinajstić information content (AvgIpc) is 2.99. The molecule has 4 atom stereocenters. The molecule has 2 N–H and O–H groups in total. The molecule has 0 saturated carbocycles. The summed E-state index contributed by atoms with van der Waals surface area (Å²) in [5.74, 6) is -0.341. The summed E-state index contributed by atoms with van der Waals surface area (Å²) in [6.45, 7) is 1.62. The number of benzene rings is 1. The highest BCUT2D eigenvalue weighted by molar-refractivity contribution is 5.57. The second-order valence-corrected chi connectivity index (χ2v) is 5.56. The number of hydrogen-bond acceptors (Lipinski definition) is 5. The number of hydrogen-bond donors (Lipinski definition) is 2. The maximum Gasteiger partial charge on any atom is 0.123 e. The average molecular weight is 307 g/mol. The molecule has 6 nitrogen and oxygen atoms in total. The first-order valence-electron chi connectivity index (χ1n) is 7.20. The zero-order valence-electron chi connectivity index (χ0n) is 12.1. The van der Waals surface area contributed by atoms with E-state index in [-0.39, 0.29) is 24.6 Å². The van der Waals surface area contributed by atoms with E-state index in [2.05, 4.69) is 10.3 Å². The van der Waals surface area contributed by atoms with Gasteiger partial charge in [-0.05, 0) is 25.5 Å². The minimum absolute atomic E-state index is 0.104. The van der Waals surface area contributed by atoms with Crippen molar-refractivity contribution in [2.75, 3.05) is 6.61 Å². The van der Waals surface area contributed by atoms with Crippen LogP contribution in [0.3, 0.4) is 0 Å². The maximum absolute atomic E-state index is 13.3. The summed E-state index contributed by atoms with van der Waals surface area (Å²) in [6.07, 6.45) is 0.616. The zero-order chi connectivity index (χ0) is 15.7. The molecule has 1 aromatic carbocycles. The zero-order valence-corrected chi connectivity index (χ0v) is 12.1. The van der Waals surface area contributed by atoms with Crippen LogP contribution < -0.4 is 0 Å². The molecule has 0 bridgehead atoms. The molecule has 22 heavy (non-hydrogen) atoms. The van der Waals surface area contributed by atoms with Gasteiger partial charge in [0.15, 0.2) is 0 Å². The lowest BCUT2D eigenvalue weighted by atomic mass is 9.96. The van der Waals surface area contributed by atoms with E-state index in [9.17, 15) is 14.6 Å². The van der Waals surface area contributed by atoms with E-state index >= 15 is 0 Å². The maximum atomic E-state index is 13.3. The first-order valence-corrected chi connectivity index (χ1v) is 7.20. The number of nitrogens with zero attached hydrogens (tertiary/aromatic N) is 3. The van der Waals surface area contributed by atoms with Gasteiger partial charge < -0.3 is 14.9 Å². The van der Waals surface area contributed by atoms with Crippen molar-refractivity contribution in [3.63, 3.8) is 0 Å². The quantitative estimate of drug-likeness (QED) is 0.889. The highest BCUT2D eigenvalue weighted by Gasteiger charge is 2.37. The van der Waals surface area contributed by atoms with E-state index in [1.165, 1.54) is 12.1 Å². The summed E-state index contributed by atoms with van der Waals surface area (Å²) >= 11 is 0. The standard InChI is InChI=1S/C15H18FN3O3/c1-9-5-13(15(21)14(8-20)22-9)19-7-12(17-18-19)10-3-2-4-11(16)6-10/h2-4,6-7,9,13-15,20-21H,5,8H2,1H3. The number of rotatable bonds is 3. The van der Waals surface area contributed by atoms with E-state index in [0.29, 0.717) is 17.7 Å². The SMILES string of the molecule is CC1CC(n2cc(-c3cccc(F)c3)nn2)C(O)C(CO)O1. The van der Waals surface area contributed by atoms with Crippen molar-refractivity contribution in [3.05, 3.63) is 36.3 Å². The monoisotopic (exact) mass is 307 g/mol. The Labute approximate surface area is 127 Å². The van der Waals surface area contributed by atoms with Crippen molar-refractivity contribution in [1.82, 2.24) is 15.0 Å². The van der Waals surface area contributed by atoms with E-state index in [1.54, 1.807) is 23.0 Å². The molecule has 1 fully saturated rings. The van der Waals surface area contributed by atoms with Gasteiger partial charge in [0.2, 0.25) is 0 Å². The third-order valence-electron chi connectivity index (χ3n) is 3.91. The Balaban J connectivity index is 1.86. The lowest BCUT2D eigenvalue weighted by Crippen LogP contribution is -2.47. The van der Waals surface area contributed by atoms with Crippen LogP contribution in [0.1, 0.15) is 19.4 Å². The van der Waals surface area contributed by atoms with Gasteiger partial charge in [0.05, 0.1) is 24.9 Å². The second kappa shape index (κ2) is 6.12. The van der Waals surface area contributed by atoms with Crippen LogP contribution in [0.5, 0.6) is 0 Å². The molecule has 0 spiro atoms. The van der Waals surface area contributed by atoms with Crippen LogP contribution in [0.4, 0.5) is 4.39 Å².